The fraction of sp³-hybridized carbons (Fsp3) is 0.258. The lowest BCUT2D eigenvalue weighted by Crippen LogP contribution is -2.48. The number of halogens is 1. The molecule has 3 aromatic carbocycles. The monoisotopic (exact) mass is 576 g/mol. The predicted octanol–water partition coefficient (Wildman–Crippen LogP) is 5.21. The second-order valence-electron chi connectivity index (χ2n) is 9.92. The summed E-state index contributed by atoms with van der Waals surface area (Å²) in [5.41, 5.74) is 1.64. The van der Waals surface area contributed by atoms with E-state index in [0.717, 1.165) is 45.6 Å². The molecule has 3 aliphatic heterocycles. The third-order valence-corrected chi connectivity index (χ3v) is 9.45. The minimum absolute atomic E-state index is 0. The topological polar surface area (TPSA) is 67.3 Å². The molecular weight excluding hydrogens is 544 g/mol. The van der Waals surface area contributed by atoms with E-state index < -0.39 is 0 Å². The van der Waals surface area contributed by atoms with Crippen LogP contribution in [0.15, 0.2) is 95.7 Å². The molecule has 3 aliphatic rings. The highest BCUT2D eigenvalue weighted by atomic mass is 35.5. The van der Waals surface area contributed by atoms with Crippen molar-refractivity contribution in [3.8, 4) is 5.75 Å². The molecule has 0 bridgehead atoms. The van der Waals surface area contributed by atoms with Crippen molar-refractivity contribution >= 4 is 45.9 Å². The van der Waals surface area contributed by atoms with Gasteiger partial charge in [-0.1, -0.05) is 53.1 Å². The molecule has 0 saturated carbocycles. The maximum Gasteiger partial charge on any atom is 0.265 e. The van der Waals surface area contributed by atoms with Crippen LogP contribution in [0.1, 0.15) is 33.6 Å². The Hall–Kier alpha value is -3.59. The summed E-state index contributed by atoms with van der Waals surface area (Å²) in [6, 6.07) is 26.0. The molecule has 1 N–H and O–H groups in total. The molecule has 0 radical (unpaired) electrons. The summed E-state index contributed by atoms with van der Waals surface area (Å²) in [7, 11) is -0.164. The van der Waals surface area contributed by atoms with Gasteiger partial charge >= 0.3 is 0 Å². The van der Waals surface area contributed by atoms with Gasteiger partial charge in [-0.25, -0.2) is 0 Å². The van der Waals surface area contributed by atoms with Crippen molar-refractivity contribution in [3.05, 3.63) is 102 Å². The molecule has 6 rings (SSSR count). The molecule has 3 aromatic rings. The Morgan fingerprint density at radius 1 is 0.750 bits per heavy atom. The van der Waals surface area contributed by atoms with Gasteiger partial charge in [-0.05, 0) is 67.2 Å². The van der Waals surface area contributed by atoms with Gasteiger partial charge in [0.05, 0.1) is 16.8 Å². The Balaban J connectivity index is 0.00000323. The van der Waals surface area contributed by atoms with Crippen LogP contribution >= 0.6 is 23.1 Å². The van der Waals surface area contributed by atoms with Crippen LogP contribution in [-0.4, -0.2) is 76.3 Å². The van der Waals surface area contributed by atoms with E-state index in [2.05, 4.69) is 86.2 Å². The molecule has 1 saturated heterocycles. The number of hydrogen-bond acceptors (Lipinski definition) is 6. The molecule has 2 amide bonds. The number of phenols is 1. The first-order valence-electron chi connectivity index (χ1n) is 13.5. The lowest BCUT2D eigenvalue weighted by Gasteiger charge is -2.40. The molecule has 3 heterocycles. The smallest absolute Gasteiger partial charge is 0.265 e. The van der Waals surface area contributed by atoms with E-state index >= 15 is 0 Å². The van der Waals surface area contributed by atoms with E-state index in [1.165, 1.54) is 27.4 Å². The summed E-state index contributed by atoms with van der Waals surface area (Å²) >= 11 is 0. The van der Waals surface area contributed by atoms with Crippen molar-refractivity contribution in [1.82, 2.24) is 14.7 Å². The zero-order valence-electron chi connectivity index (χ0n) is 22.2. The summed E-state index contributed by atoms with van der Waals surface area (Å²) in [5.74, 6) is 0.434. The normalized spacial score (nSPS) is 18.9. The Morgan fingerprint density at radius 2 is 1.43 bits per heavy atom. The highest BCUT2D eigenvalue weighted by Crippen LogP contribution is 2.42. The number of amides is 2. The Morgan fingerprint density at radius 3 is 2.12 bits per heavy atom. The van der Waals surface area contributed by atoms with Crippen LogP contribution in [0, 0.1) is 0 Å². The fourth-order valence-electron chi connectivity index (χ4n) is 5.47. The number of phenolic OH excluding ortho intramolecular Hbond substituents is 1. The number of anilines is 1. The number of aromatic hydroxyl groups is 1. The van der Waals surface area contributed by atoms with Crippen molar-refractivity contribution in [2.75, 3.05) is 43.6 Å². The van der Waals surface area contributed by atoms with Crippen LogP contribution in [0.5, 0.6) is 5.75 Å². The summed E-state index contributed by atoms with van der Waals surface area (Å²) in [6.45, 7) is 5.16. The Kier molecular flexibility index (Phi) is 8.59. The first-order valence-corrected chi connectivity index (χ1v) is 14.7. The van der Waals surface area contributed by atoms with Gasteiger partial charge in [-0.15, -0.1) is 12.4 Å². The number of rotatable bonds is 8. The number of allylic oxidation sites excluding steroid dienone is 1. The van der Waals surface area contributed by atoms with Crippen LogP contribution in [0.2, 0.25) is 0 Å². The number of fused-ring (bicyclic) bond motifs is 1. The van der Waals surface area contributed by atoms with E-state index in [0.29, 0.717) is 12.1 Å². The van der Waals surface area contributed by atoms with Gasteiger partial charge in [-0.2, -0.15) is 0 Å². The number of carbonyl (C=O) groups excluding carboxylic acids is 2. The molecule has 40 heavy (non-hydrogen) atoms. The lowest BCUT2D eigenvalue weighted by molar-refractivity contribution is 0.0648. The van der Waals surface area contributed by atoms with Crippen molar-refractivity contribution in [1.29, 1.82) is 0 Å². The largest absolute Gasteiger partial charge is 0.507 e. The van der Waals surface area contributed by atoms with Crippen LogP contribution < -0.4 is 4.31 Å². The minimum Gasteiger partial charge on any atom is -0.507 e. The highest BCUT2D eigenvalue weighted by Gasteiger charge is 2.37. The van der Waals surface area contributed by atoms with E-state index in [-0.39, 0.29) is 46.2 Å². The number of para-hydroxylation sites is 1. The second-order valence-corrected chi connectivity index (χ2v) is 11.7. The third kappa shape index (κ3) is 5.39. The minimum atomic E-state index is -0.388. The molecule has 1 fully saturated rings. The highest BCUT2D eigenvalue weighted by molar-refractivity contribution is 8.16. The van der Waals surface area contributed by atoms with E-state index in [1.807, 2.05) is 0 Å². The average Bonchev–Trinajstić information content (AvgIpc) is 3.52. The zero-order valence-corrected chi connectivity index (χ0v) is 23.8. The Bertz CT molecular complexity index is 1440. The number of imide groups is 1. The van der Waals surface area contributed by atoms with E-state index in [1.54, 1.807) is 12.1 Å². The van der Waals surface area contributed by atoms with E-state index in [9.17, 15) is 14.7 Å². The Labute approximate surface area is 243 Å². The summed E-state index contributed by atoms with van der Waals surface area (Å²) in [5, 5.41) is 12.3. The molecular formula is C31H33ClN4O3S. The standard InChI is InChI=1S/C31H32N4O3S.ClH/c36-27-15-9-14-26-29(27)31(38)34(30(26)37)18-8-7-17-32-19-21-33(22-20-32)28-16-23-39(25-12-5-2-6-13-25)35(28)24-10-3-1-4-11-24;/h1-6,9-16,23,36H,7-8,17-22H2;1H. The van der Waals surface area contributed by atoms with Crippen molar-refractivity contribution in [2.45, 2.75) is 17.7 Å². The van der Waals surface area contributed by atoms with Crippen molar-refractivity contribution in [3.63, 3.8) is 0 Å². The zero-order chi connectivity index (χ0) is 26.8. The number of benzene rings is 3. The first-order chi connectivity index (χ1) is 19.1. The van der Waals surface area contributed by atoms with Gasteiger partial charge in [0.15, 0.2) is 0 Å². The molecule has 1 atom stereocenters. The summed E-state index contributed by atoms with van der Waals surface area (Å²) in [4.78, 5) is 32.8. The molecule has 208 valence electrons. The molecule has 1 unspecified atom stereocenters. The molecule has 0 spiro atoms. The van der Waals surface area contributed by atoms with Crippen LogP contribution in [0.4, 0.5) is 5.69 Å². The van der Waals surface area contributed by atoms with Gasteiger partial charge < -0.3 is 10.0 Å². The first kappa shape index (κ1) is 28.0. The van der Waals surface area contributed by atoms with Crippen molar-refractivity contribution < 1.29 is 14.7 Å². The van der Waals surface area contributed by atoms with Crippen molar-refractivity contribution in [2.24, 2.45) is 0 Å². The number of piperazine rings is 1. The SMILES string of the molecule is Cl.O=C1c2cccc(O)c2C(=O)N1CCCCN1CCN(C2=CC=S(c3ccccc3)N2c2ccccc2)CC1. The summed E-state index contributed by atoms with van der Waals surface area (Å²) < 4.78 is 2.46. The van der Waals surface area contributed by atoms with Gasteiger partial charge in [-0.3, -0.25) is 23.7 Å². The van der Waals surface area contributed by atoms with Gasteiger partial charge in [0.25, 0.3) is 11.8 Å². The summed E-state index contributed by atoms with van der Waals surface area (Å²) in [6.07, 6.45) is 3.93. The quantitative estimate of drug-likeness (QED) is 0.225. The molecule has 0 aromatic heterocycles. The molecule has 7 nitrogen and oxygen atoms in total. The lowest BCUT2D eigenvalue weighted by atomic mass is 10.1. The van der Waals surface area contributed by atoms with Gasteiger partial charge in [0, 0.05) is 37.6 Å². The van der Waals surface area contributed by atoms with Crippen LogP contribution in [-0.2, 0) is 0 Å². The third-order valence-electron chi connectivity index (χ3n) is 7.51. The van der Waals surface area contributed by atoms with E-state index in [4.69, 9.17) is 0 Å². The van der Waals surface area contributed by atoms with Gasteiger partial charge in [0.2, 0.25) is 0 Å². The maximum atomic E-state index is 12.6. The van der Waals surface area contributed by atoms with Crippen LogP contribution in [0.25, 0.3) is 0 Å². The molecule has 0 aliphatic carbocycles. The van der Waals surface area contributed by atoms with Crippen LogP contribution in [0.3, 0.4) is 0 Å². The van der Waals surface area contributed by atoms with Gasteiger partial charge in [0.1, 0.15) is 11.6 Å². The second kappa shape index (κ2) is 12.3. The number of carbonyl (C=O) groups is 2. The predicted molar refractivity (Wildman–Crippen MR) is 163 cm³/mol. The maximum absolute atomic E-state index is 12.6. The number of unbranched alkanes of at least 4 members (excludes halogenated alkanes) is 1. The number of nitrogens with zero attached hydrogens (tertiary/aromatic N) is 4. The number of hydrogen-bond donors (Lipinski definition) is 1. The average molecular weight is 577 g/mol. The fourth-order valence-corrected chi connectivity index (χ4v) is 7.37. The molecule has 9 heteroatoms.